The number of morpholine rings is 1. The smallest absolute Gasteiger partial charge is 0.176 e. The highest BCUT2D eigenvalue weighted by Gasteiger charge is 2.26. The minimum atomic E-state index is -0.0944. The van der Waals surface area contributed by atoms with E-state index in [0.717, 1.165) is 24.0 Å². The van der Waals surface area contributed by atoms with Crippen molar-refractivity contribution in [2.75, 3.05) is 19.7 Å². The van der Waals surface area contributed by atoms with Gasteiger partial charge in [0.2, 0.25) is 0 Å². The Labute approximate surface area is 108 Å². The van der Waals surface area contributed by atoms with Crippen LogP contribution in [0.4, 0.5) is 0 Å². The molecule has 0 bridgehead atoms. The summed E-state index contributed by atoms with van der Waals surface area (Å²) in [4.78, 5) is 0. The zero-order chi connectivity index (χ0) is 12.8. The van der Waals surface area contributed by atoms with Crippen molar-refractivity contribution in [3.05, 3.63) is 30.2 Å². The van der Waals surface area contributed by atoms with Crippen molar-refractivity contribution in [2.24, 2.45) is 0 Å². The molecule has 5 heteroatoms. The summed E-state index contributed by atoms with van der Waals surface area (Å²) in [6.07, 6.45) is 3.05. The summed E-state index contributed by atoms with van der Waals surface area (Å²) in [5, 5.41) is 15.0. The molecular weight excluding hydrogens is 246 g/mol. The largest absolute Gasteiger partial charge is 0.504 e. The molecule has 2 N–H and O–H groups in total. The fraction of sp³-hybridized carbons (Fsp3) is 0.286. The first-order chi connectivity index (χ1) is 9.36. The number of phenolic OH excluding ortho intramolecular Hbond substituents is 1. The van der Waals surface area contributed by atoms with Crippen LogP contribution >= 0.6 is 0 Å². The molecule has 1 aromatic carbocycles. The summed E-state index contributed by atoms with van der Waals surface area (Å²) in [6.45, 7) is 2.23. The molecule has 1 aliphatic heterocycles. The van der Waals surface area contributed by atoms with Gasteiger partial charge in [-0.3, -0.25) is 0 Å². The van der Waals surface area contributed by atoms with Gasteiger partial charge in [-0.15, -0.1) is 0 Å². The molecule has 1 saturated heterocycles. The Morgan fingerprint density at radius 2 is 1.89 bits per heavy atom. The fourth-order valence-electron chi connectivity index (χ4n) is 2.72. The molecule has 3 heterocycles. The Hall–Kier alpha value is -1.98. The van der Waals surface area contributed by atoms with Crippen LogP contribution in [0.2, 0.25) is 0 Å². The molecule has 1 unspecified atom stereocenters. The van der Waals surface area contributed by atoms with Gasteiger partial charge in [-0.05, 0) is 12.1 Å². The number of aromatic hydroxyl groups is 1. The predicted molar refractivity (Wildman–Crippen MR) is 69.2 cm³/mol. The topological polar surface area (TPSA) is 67.8 Å². The van der Waals surface area contributed by atoms with Crippen molar-refractivity contribution < 1.29 is 18.7 Å². The first-order valence-corrected chi connectivity index (χ1v) is 6.28. The second-order valence-corrected chi connectivity index (χ2v) is 4.65. The maximum Gasteiger partial charge on any atom is 0.176 e. The fourth-order valence-corrected chi connectivity index (χ4v) is 2.72. The lowest BCUT2D eigenvalue weighted by molar-refractivity contribution is 0.0289. The van der Waals surface area contributed by atoms with E-state index in [4.69, 9.17) is 13.6 Å². The number of fused-ring (bicyclic) bond motifs is 2. The molecule has 1 atom stereocenters. The van der Waals surface area contributed by atoms with Crippen LogP contribution in [0, 0.1) is 0 Å². The molecule has 98 valence electrons. The molecule has 1 aliphatic rings. The predicted octanol–water partition coefficient (Wildman–Crippen LogP) is 2.55. The third-order valence-electron chi connectivity index (χ3n) is 3.59. The summed E-state index contributed by atoms with van der Waals surface area (Å²) >= 11 is 0. The molecule has 0 spiro atoms. The van der Waals surface area contributed by atoms with Crippen molar-refractivity contribution in [3.8, 4) is 5.75 Å². The Kier molecular flexibility index (Phi) is 2.30. The van der Waals surface area contributed by atoms with E-state index in [-0.39, 0.29) is 11.9 Å². The van der Waals surface area contributed by atoms with Gasteiger partial charge in [-0.1, -0.05) is 0 Å². The molecule has 2 aromatic heterocycles. The monoisotopic (exact) mass is 259 g/mol. The van der Waals surface area contributed by atoms with Crippen molar-refractivity contribution in [1.29, 1.82) is 0 Å². The lowest BCUT2D eigenvalue weighted by Crippen LogP contribution is -2.33. The molecule has 0 saturated carbocycles. The number of benzene rings is 1. The summed E-state index contributed by atoms with van der Waals surface area (Å²) in [6, 6.07) is 3.58. The number of furan rings is 2. The van der Waals surface area contributed by atoms with Gasteiger partial charge < -0.3 is 24.0 Å². The highest BCUT2D eigenvalue weighted by molar-refractivity contribution is 6.04. The minimum Gasteiger partial charge on any atom is -0.504 e. The number of phenols is 1. The van der Waals surface area contributed by atoms with Gasteiger partial charge in [0.05, 0.1) is 30.6 Å². The molecular formula is C14H13NO4. The maximum atomic E-state index is 10.2. The van der Waals surface area contributed by atoms with Crippen LogP contribution in [0.1, 0.15) is 11.7 Å². The van der Waals surface area contributed by atoms with Crippen molar-refractivity contribution in [1.82, 2.24) is 5.32 Å². The van der Waals surface area contributed by atoms with Gasteiger partial charge in [0, 0.05) is 24.0 Å². The number of ether oxygens (including phenoxy) is 1. The van der Waals surface area contributed by atoms with Gasteiger partial charge in [0.25, 0.3) is 0 Å². The zero-order valence-corrected chi connectivity index (χ0v) is 10.2. The van der Waals surface area contributed by atoms with Gasteiger partial charge in [0.15, 0.2) is 11.3 Å². The zero-order valence-electron chi connectivity index (χ0n) is 10.2. The van der Waals surface area contributed by atoms with E-state index in [9.17, 15) is 5.11 Å². The summed E-state index contributed by atoms with van der Waals surface area (Å²) < 4.78 is 16.8. The molecule has 19 heavy (non-hydrogen) atoms. The Morgan fingerprint density at radius 3 is 2.68 bits per heavy atom. The second-order valence-electron chi connectivity index (χ2n) is 4.65. The highest BCUT2D eigenvalue weighted by Crippen LogP contribution is 2.42. The Morgan fingerprint density at radius 1 is 1.11 bits per heavy atom. The standard InChI is InChI=1S/C14H13NO4/c16-12-9-2-5-18-13(9)11(8-1-4-19-14(8)12)10-7-15-3-6-17-10/h1-2,4-5,10,15-16H,3,6-7H2. The van der Waals surface area contributed by atoms with Crippen LogP contribution in [0.25, 0.3) is 21.9 Å². The number of nitrogens with one attached hydrogen (secondary N) is 1. The highest BCUT2D eigenvalue weighted by atomic mass is 16.5. The van der Waals surface area contributed by atoms with Crippen LogP contribution in [-0.4, -0.2) is 24.8 Å². The SMILES string of the molecule is Oc1c2ccoc2c(C2CNCCO2)c2ccoc12. The van der Waals surface area contributed by atoms with Crippen LogP contribution in [0.3, 0.4) is 0 Å². The maximum absolute atomic E-state index is 10.2. The van der Waals surface area contributed by atoms with Gasteiger partial charge >= 0.3 is 0 Å². The quantitative estimate of drug-likeness (QED) is 0.703. The molecule has 0 aliphatic carbocycles. The molecule has 0 amide bonds. The van der Waals surface area contributed by atoms with Crippen LogP contribution in [0.15, 0.2) is 33.5 Å². The third-order valence-corrected chi connectivity index (χ3v) is 3.59. The van der Waals surface area contributed by atoms with E-state index in [2.05, 4.69) is 5.32 Å². The molecule has 1 fully saturated rings. The van der Waals surface area contributed by atoms with E-state index in [1.54, 1.807) is 18.6 Å². The minimum absolute atomic E-state index is 0.0944. The van der Waals surface area contributed by atoms with Crippen LogP contribution < -0.4 is 5.32 Å². The Balaban J connectivity index is 2.06. The van der Waals surface area contributed by atoms with E-state index in [1.807, 2.05) is 6.07 Å². The first-order valence-electron chi connectivity index (χ1n) is 6.28. The second kappa shape index (κ2) is 4.01. The first kappa shape index (κ1) is 10.9. The number of hydrogen-bond donors (Lipinski definition) is 2. The number of rotatable bonds is 1. The van der Waals surface area contributed by atoms with Gasteiger partial charge in [0.1, 0.15) is 5.58 Å². The Bertz CT molecular complexity index is 685. The van der Waals surface area contributed by atoms with Crippen molar-refractivity contribution >= 4 is 21.9 Å². The third kappa shape index (κ3) is 1.49. The lowest BCUT2D eigenvalue weighted by Gasteiger charge is -2.24. The lowest BCUT2D eigenvalue weighted by atomic mass is 10.0. The van der Waals surface area contributed by atoms with E-state index in [1.165, 1.54) is 0 Å². The number of hydrogen-bond acceptors (Lipinski definition) is 5. The van der Waals surface area contributed by atoms with Gasteiger partial charge in [-0.25, -0.2) is 0 Å². The summed E-state index contributed by atoms with van der Waals surface area (Å²) in [5.74, 6) is 0.122. The van der Waals surface area contributed by atoms with E-state index in [0.29, 0.717) is 23.2 Å². The average molecular weight is 259 g/mol. The summed E-state index contributed by atoms with van der Waals surface area (Å²) in [5.41, 5.74) is 2.09. The van der Waals surface area contributed by atoms with Crippen LogP contribution in [0.5, 0.6) is 5.75 Å². The molecule has 0 radical (unpaired) electrons. The van der Waals surface area contributed by atoms with Crippen LogP contribution in [-0.2, 0) is 4.74 Å². The molecule has 4 rings (SSSR count). The van der Waals surface area contributed by atoms with Crippen molar-refractivity contribution in [3.63, 3.8) is 0 Å². The summed E-state index contributed by atoms with van der Waals surface area (Å²) in [7, 11) is 0. The average Bonchev–Trinajstić information content (AvgIpc) is 3.09. The van der Waals surface area contributed by atoms with Gasteiger partial charge in [-0.2, -0.15) is 0 Å². The molecule has 5 nitrogen and oxygen atoms in total. The van der Waals surface area contributed by atoms with E-state index >= 15 is 0 Å². The molecule has 3 aromatic rings. The van der Waals surface area contributed by atoms with E-state index < -0.39 is 0 Å². The normalized spacial score (nSPS) is 20.3. The van der Waals surface area contributed by atoms with Crippen molar-refractivity contribution in [2.45, 2.75) is 6.10 Å².